The average Bonchev–Trinajstić information content (AvgIpc) is 2.65. The van der Waals surface area contributed by atoms with Gasteiger partial charge in [-0.1, -0.05) is 26.8 Å². The van der Waals surface area contributed by atoms with Crippen LogP contribution in [-0.4, -0.2) is 25.7 Å². The van der Waals surface area contributed by atoms with Crippen molar-refractivity contribution in [2.24, 2.45) is 11.3 Å². The maximum Gasteiger partial charge on any atom is 0.223 e. The molecule has 0 radical (unpaired) electrons. The van der Waals surface area contributed by atoms with E-state index in [1.165, 1.54) is 11.1 Å². The maximum atomic E-state index is 12.6. The quantitative estimate of drug-likeness (QED) is 0.761. The summed E-state index contributed by atoms with van der Waals surface area (Å²) in [5.41, 5.74) is 9.87. The molecule has 1 atom stereocenters. The number of rotatable bonds is 5. The first-order valence-corrected chi connectivity index (χ1v) is 10.5. The standard InChI is InChI=1S/C23H36N2O2/c1-22(2)12-11-17-15-18(24)7-10-20(17)23(22,3)13-14-25-21(26)16-5-8-19(27-4)9-6-16/h7,10,15-16,19H,5-6,8-9,11-14,24H2,1-4H3,(H,25,26). The topological polar surface area (TPSA) is 64.3 Å². The van der Waals surface area contributed by atoms with Crippen molar-refractivity contribution in [2.75, 3.05) is 19.4 Å². The van der Waals surface area contributed by atoms with Crippen LogP contribution in [0, 0.1) is 11.3 Å². The highest BCUT2D eigenvalue weighted by Gasteiger charge is 2.45. The zero-order valence-corrected chi connectivity index (χ0v) is 17.4. The number of anilines is 1. The molecule has 0 bridgehead atoms. The summed E-state index contributed by atoms with van der Waals surface area (Å²) in [7, 11) is 1.77. The summed E-state index contributed by atoms with van der Waals surface area (Å²) in [5.74, 6) is 0.370. The van der Waals surface area contributed by atoms with Gasteiger partial charge in [-0.15, -0.1) is 0 Å². The minimum Gasteiger partial charge on any atom is -0.399 e. The fourth-order valence-electron chi connectivity index (χ4n) is 5.06. The van der Waals surface area contributed by atoms with Crippen molar-refractivity contribution < 1.29 is 9.53 Å². The summed E-state index contributed by atoms with van der Waals surface area (Å²) in [6, 6.07) is 6.36. The van der Waals surface area contributed by atoms with E-state index in [1.54, 1.807) is 7.11 Å². The molecule has 0 saturated heterocycles. The predicted molar refractivity (Wildman–Crippen MR) is 111 cm³/mol. The molecule has 2 aliphatic carbocycles. The lowest BCUT2D eigenvalue weighted by Gasteiger charge is -2.49. The van der Waals surface area contributed by atoms with Gasteiger partial charge in [0.25, 0.3) is 0 Å². The largest absolute Gasteiger partial charge is 0.399 e. The molecule has 1 aromatic rings. The highest BCUT2D eigenvalue weighted by molar-refractivity contribution is 5.78. The lowest BCUT2D eigenvalue weighted by Crippen LogP contribution is -2.46. The van der Waals surface area contributed by atoms with E-state index >= 15 is 0 Å². The maximum absolute atomic E-state index is 12.6. The molecule has 3 N–H and O–H groups in total. The smallest absolute Gasteiger partial charge is 0.223 e. The second kappa shape index (κ2) is 7.83. The van der Waals surface area contributed by atoms with Crippen molar-refractivity contribution in [3.05, 3.63) is 29.3 Å². The predicted octanol–water partition coefficient (Wildman–Crippen LogP) is 4.21. The van der Waals surface area contributed by atoms with Crippen LogP contribution in [0.4, 0.5) is 5.69 Å². The summed E-state index contributed by atoms with van der Waals surface area (Å²) < 4.78 is 5.42. The van der Waals surface area contributed by atoms with Gasteiger partial charge < -0.3 is 15.8 Å². The third-order valence-corrected chi connectivity index (χ3v) is 7.54. The molecule has 0 heterocycles. The fraction of sp³-hybridized carbons (Fsp3) is 0.696. The van der Waals surface area contributed by atoms with Gasteiger partial charge in [-0.2, -0.15) is 0 Å². The lowest BCUT2D eigenvalue weighted by atomic mass is 9.55. The van der Waals surface area contributed by atoms with Crippen LogP contribution in [0.2, 0.25) is 0 Å². The Bertz CT molecular complexity index is 677. The third kappa shape index (κ3) is 4.01. The fourth-order valence-corrected chi connectivity index (χ4v) is 5.06. The summed E-state index contributed by atoms with van der Waals surface area (Å²) in [5, 5.41) is 3.23. The highest BCUT2D eigenvalue weighted by atomic mass is 16.5. The Hall–Kier alpha value is -1.55. The number of carbonyl (C=O) groups excluding carboxylic acids is 1. The van der Waals surface area contributed by atoms with Gasteiger partial charge >= 0.3 is 0 Å². The van der Waals surface area contributed by atoms with Crippen molar-refractivity contribution in [1.82, 2.24) is 5.32 Å². The van der Waals surface area contributed by atoms with E-state index in [0.717, 1.165) is 57.2 Å². The molecule has 2 aliphatic rings. The molecule has 4 nitrogen and oxygen atoms in total. The van der Waals surface area contributed by atoms with Gasteiger partial charge in [-0.3, -0.25) is 4.79 Å². The van der Waals surface area contributed by atoms with E-state index in [9.17, 15) is 4.79 Å². The molecule has 0 aromatic heterocycles. The van der Waals surface area contributed by atoms with Crippen LogP contribution >= 0.6 is 0 Å². The first-order valence-electron chi connectivity index (χ1n) is 10.5. The van der Waals surface area contributed by atoms with Crippen molar-refractivity contribution in [1.29, 1.82) is 0 Å². The number of aryl methyl sites for hydroxylation is 1. The monoisotopic (exact) mass is 372 g/mol. The van der Waals surface area contributed by atoms with E-state index in [-0.39, 0.29) is 22.7 Å². The molecule has 27 heavy (non-hydrogen) atoms. The number of nitrogens with one attached hydrogen (secondary N) is 1. The molecular weight excluding hydrogens is 336 g/mol. The van der Waals surface area contributed by atoms with Crippen molar-refractivity contribution in [2.45, 2.75) is 77.2 Å². The van der Waals surface area contributed by atoms with E-state index in [2.05, 4.69) is 38.2 Å². The minimum absolute atomic E-state index is 0.0370. The SMILES string of the molecule is COC1CCC(C(=O)NCCC2(C)c3ccc(N)cc3CCC2(C)C)CC1. The Morgan fingerprint density at radius 3 is 2.59 bits per heavy atom. The highest BCUT2D eigenvalue weighted by Crippen LogP contribution is 2.51. The van der Waals surface area contributed by atoms with Gasteiger partial charge in [0.15, 0.2) is 0 Å². The zero-order valence-electron chi connectivity index (χ0n) is 17.4. The molecule has 3 rings (SSSR count). The number of carbonyl (C=O) groups is 1. The average molecular weight is 373 g/mol. The second-order valence-corrected chi connectivity index (χ2v) is 9.38. The minimum atomic E-state index is 0.0370. The molecule has 1 amide bonds. The van der Waals surface area contributed by atoms with Gasteiger partial charge in [0.1, 0.15) is 0 Å². The number of ether oxygens (including phenoxy) is 1. The number of amides is 1. The van der Waals surface area contributed by atoms with Crippen molar-refractivity contribution in [3.63, 3.8) is 0 Å². The summed E-state index contributed by atoms with van der Waals surface area (Å²) >= 11 is 0. The number of nitrogen functional groups attached to an aromatic ring is 1. The van der Waals surface area contributed by atoms with Crippen LogP contribution in [0.25, 0.3) is 0 Å². The number of hydrogen-bond acceptors (Lipinski definition) is 3. The molecule has 0 spiro atoms. The molecule has 1 saturated carbocycles. The molecular formula is C23H36N2O2. The van der Waals surface area contributed by atoms with E-state index in [4.69, 9.17) is 10.5 Å². The molecule has 1 fully saturated rings. The van der Waals surface area contributed by atoms with E-state index < -0.39 is 0 Å². The summed E-state index contributed by atoms with van der Waals surface area (Å²) in [4.78, 5) is 12.6. The van der Waals surface area contributed by atoms with Crippen LogP contribution in [0.5, 0.6) is 0 Å². The summed E-state index contributed by atoms with van der Waals surface area (Å²) in [6.45, 7) is 7.81. The van der Waals surface area contributed by atoms with Crippen molar-refractivity contribution in [3.8, 4) is 0 Å². The molecule has 4 heteroatoms. The van der Waals surface area contributed by atoms with Gasteiger partial charge in [0.2, 0.25) is 5.91 Å². The normalized spacial score (nSPS) is 29.8. The van der Waals surface area contributed by atoms with Crippen molar-refractivity contribution >= 4 is 11.6 Å². The van der Waals surface area contributed by atoms with Crippen LogP contribution in [0.3, 0.4) is 0 Å². The van der Waals surface area contributed by atoms with Gasteiger partial charge in [-0.25, -0.2) is 0 Å². The number of fused-ring (bicyclic) bond motifs is 1. The van der Waals surface area contributed by atoms with Gasteiger partial charge in [-0.05, 0) is 79.0 Å². The Balaban J connectivity index is 1.63. The molecule has 1 unspecified atom stereocenters. The molecule has 150 valence electrons. The number of nitrogens with two attached hydrogens (primary N) is 1. The van der Waals surface area contributed by atoms with E-state index in [0.29, 0.717) is 6.10 Å². The Morgan fingerprint density at radius 1 is 1.22 bits per heavy atom. The van der Waals surface area contributed by atoms with Crippen LogP contribution in [0.1, 0.15) is 70.4 Å². The zero-order chi connectivity index (χ0) is 19.7. The third-order valence-electron chi connectivity index (χ3n) is 7.54. The Morgan fingerprint density at radius 2 is 1.93 bits per heavy atom. The summed E-state index contributed by atoms with van der Waals surface area (Å²) in [6.07, 6.45) is 7.38. The van der Waals surface area contributed by atoms with E-state index in [1.807, 2.05) is 6.07 Å². The first kappa shape index (κ1) is 20.2. The molecule has 0 aliphatic heterocycles. The van der Waals surface area contributed by atoms with Gasteiger partial charge in [0, 0.05) is 25.3 Å². The number of hydrogen-bond donors (Lipinski definition) is 2. The lowest BCUT2D eigenvalue weighted by molar-refractivity contribution is -0.126. The van der Waals surface area contributed by atoms with Crippen LogP contribution in [0.15, 0.2) is 18.2 Å². The second-order valence-electron chi connectivity index (χ2n) is 9.38. The number of methoxy groups -OCH3 is 1. The van der Waals surface area contributed by atoms with Crippen LogP contribution in [-0.2, 0) is 21.4 Å². The Labute approximate surface area is 164 Å². The van der Waals surface area contributed by atoms with Crippen LogP contribution < -0.4 is 11.1 Å². The Kier molecular flexibility index (Phi) is 5.85. The first-order chi connectivity index (χ1) is 12.8. The van der Waals surface area contributed by atoms with Gasteiger partial charge in [0.05, 0.1) is 6.10 Å². The molecule has 1 aromatic carbocycles. The number of benzene rings is 1.